The van der Waals surface area contributed by atoms with Gasteiger partial charge in [-0.15, -0.1) is 6.58 Å². The van der Waals surface area contributed by atoms with E-state index in [-0.39, 0.29) is 0 Å². The van der Waals surface area contributed by atoms with Crippen molar-refractivity contribution in [2.24, 2.45) is 0 Å². The second kappa shape index (κ2) is 9.11. The third-order valence-corrected chi connectivity index (χ3v) is 1.85. The summed E-state index contributed by atoms with van der Waals surface area (Å²) < 4.78 is 0. The lowest BCUT2D eigenvalue weighted by Gasteiger charge is -2.17. The van der Waals surface area contributed by atoms with Crippen LogP contribution in [0.1, 0.15) is 26.2 Å². The number of unbranched alkanes of at least 4 members (excludes halogenated alkanes) is 2. The van der Waals surface area contributed by atoms with Gasteiger partial charge in [-0.3, -0.25) is 0 Å². The van der Waals surface area contributed by atoms with Gasteiger partial charge in [-0.2, -0.15) is 0 Å². The monoisotopic (exact) mass is 179 g/mol. The molecule has 0 amide bonds. The lowest BCUT2D eigenvalue weighted by atomic mass is 10.2. The predicted octanol–water partition coefficient (Wildman–Crippen LogP) is 3.36. The molecule has 0 aliphatic heterocycles. The fraction of sp³-hybridized carbons (Fsp3) is 0.500. The summed E-state index contributed by atoms with van der Waals surface area (Å²) >= 11 is 0. The molecular weight excluding hydrogens is 158 g/mol. The van der Waals surface area contributed by atoms with Gasteiger partial charge in [0.1, 0.15) is 0 Å². The van der Waals surface area contributed by atoms with Gasteiger partial charge in [-0.05, 0) is 18.7 Å². The van der Waals surface area contributed by atoms with Gasteiger partial charge in [-0.1, -0.05) is 38.5 Å². The lowest BCUT2D eigenvalue weighted by molar-refractivity contribution is 0.400. The zero-order valence-electron chi connectivity index (χ0n) is 8.71. The average molecular weight is 179 g/mol. The van der Waals surface area contributed by atoms with Crippen molar-refractivity contribution in [2.75, 3.05) is 13.1 Å². The predicted molar refractivity (Wildman–Crippen MR) is 60.6 cm³/mol. The number of nitrogens with zero attached hydrogens (tertiary/aromatic N) is 1. The summed E-state index contributed by atoms with van der Waals surface area (Å²) in [5.74, 6) is 0. The van der Waals surface area contributed by atoms with Gasteiger partial charge >= 0.3 is 0 Å². The molecule has 1 heteroatoms. The molecule has 0 radical (unpaired) electrons. The Balaban J connectivity index is 3.71. The molecule has 0 aromatic heterocycles. The molecular formula is C12H21N. The zero-order chi connectivity index (χ0) is 9.94. The Morgan fingerprint density at radius 2 is 2.00 bits per heavy atom. The molecule has 0 spiro atoms. The smallest absolute Gasteiger partial charge is 0.0351 e. The highest BCUT2D eigenvalue weighted by molar-refractivity contribution is 4.97. The van der Waals surface area contributed by atoms with E-state index < -0.39 is 0 Å². The molecule has 1 nitrogen and oxygen atoms in total. The van der Waals surface area contributed by atoms with Crippen LogP contribution in [0.25, 0.3) is 0 Å². The molecule has 0 aliphatic rings. The first-order chi connectivity index (χ1) is 6.35. The molecule has 0 saturated carbocycles. The molecule has 74 valence electrons. The highest BCUT2D eigenvalue weighted by Gasteiger charge is 1.94. The van der Waals surface area contributed by atoms with Crippen LogP contribution in [0, 0.1) is 0 Å². The summed E-state index contributed by atoms with van der Waals surface area (Å²) in [6.07, 6.45) is 11.6. The minimum absolute atomic E-state index is 0.925. The number of hydrogen-bond donors (Lipinski definition) is 0. The van der Waals surface area contributed by atoms with Crippen molar-refractivity contribution in [3.63, 3.8) is 0 Å². The third kappa shape index (κ3) is 7.38. The molecule has 0 bridgehead atoms. The largest absolute Gasteiger partial charge is 0.374 e. The van der Waals surface area contributed by atoms with Crippen LogP contribution < -0.4 is 0 Å². The van der Waals surface area contributed by atoms with Crippen molar-refractivity contribution in [3.05, 3.63) is 37.6 Å². The fourth-order valence-corrected chi connectivity index (χ4v) is 1.14. The molecule has 0 unspecified atom stereocenters. The Hall–Kier alpha value is -0.980. The average Bonchev–Trinajstić information content (AvgIpc) is 2.14. The molecule has 0 N–H and O–H groups in total. The second-order valence-corrected chi connectivity index (χ2v) is 3.07. The van der Waals surface area contributed by atoms with E-state index in [1.807, 2.05) is 12.2 Å². The Morgan fingerprint density at radius 3 is 2.54 bits per heavy atom. The first-order valence-electron chi connectivity index (χ1n) is 4.99. The number of hydrogen-bond acceptors (Lipinski definition) is 1. The standard InChI is InChI=1S/C12H21N/c1-4-7-9-12-13(10-6-3)11-8-5-2/h5-6,8,11H,2-4,7,9-10,12H2,1H3. The van der Waals surface area contributed by atoms with Crippen LogP contribution in [0.3, 0.4) is 0 Å². The van der Waals surface area contributed by atoms with Gasteiger partial charge in [0.15, 0.2) is 0 Å². The minimum Gasteiger partial charge on any atom is -0.374 e. The van der Waals surface area contributed by atoms with E-state index in [1.165, 1.54) is 19.3 Å². The Kier molecular flexibility index (Phi) is 8.42. The molecule has 0 aromatic carbocycles. The maximum atomic E-state index is 3.74. The van der Waals surface area contributed by atoms with Crippen LogP contribution in [0.15, 0.2) is 37.6 Å². The van der Waals surface area contributed by atoms with Gasteiger partial charge < -0.3 is 4.90 Å². The number of allylic oxidation sites excluding steroid dienone is 2. The van der Waals surface area contributed by atoms with Crippen LogP contribution in [0.2, 0.25) is 0 Å². The summed E-state index contributed by atoms with van der Waals surface area (Å²) in [5, 5.41) is 0. The van der Waals surface area contributed by atoms with Crippen LogP contribution >= 0.6 is 0 Å². The zero-order valence-corrected chi connectivity index (χ0v) is 8.71. The van der Waals surface area contributed by atoms with Crippen molar-refractivity contribution in [2.45, 2.75) is 26.2 Å². The lowest BCUT2D eigenvalue weighted by Crippen LogP contribution is -2.18. The number of rotatable bonds is 8. The van der Waals surface area contributed by atoms with Crippen LogP contribution in [0.4, 0.5) is 0 Å². The molecule has 0 rings (SSSR count). The molecule has 0 fully saturated rings. The molecule has 0 heterocycles. The van der Waals surface area contributed by atoms with Crippen LogP contribution in [-0.4, -0.2) is 18.0 Å². The van der Waals surface area contributed by atoms with Gasteiger partial charge in [-0.25, -0.2) is 0 Å². The van der Waals surface area contributed by atoms with Gasteiger partial charge in [0, 0.05) is 13.1 Å². The second-order valence-electron chi connectivity index (χ2n) is 3.07. The fourth-order valence-electron chi connectivity index (χ4n) is 1.14. The van der Waals surface area contributed by atoms with E-state index in [9.17, 15) is 0 Å². The van der Waals surface area contributed by atoms with Gasteiger partial charge in [0.2, 0.25) is 0 Å². The van der Waals surface area contributed by atoms with E-state index in [1.54, 1.807) is 6.08 Å². The van der Waals surface area contributed by atoms with E-state index in [2.05, 4.69) is 31.2 Å². The van der Waals surface area contributed by atoms with Crippen molar-refractivity contribution in [1.29, 1.82) is 0 Å². The Labute approximate surface area is 82.4 Å². The highest BCUT2D eigenvalue weighted by Crippen LogP contribution is 1.99. The maximum absolute atomic E-state index is 3.74. The topological polar surface area (TPSA) is 3.24 Å². The van der Waals surface area contributed by atoms with E-state index in [4.69, 9.17) is 0 Å². The van der Waals surface area contributed by atoms with E-state index in [0.717, 1.165) is 13.1 Å². The van der Waals surface area contributed by atoms with Crippen molar-refractivity contribution in [3.8, 4) is 0 Å². The van der Waals surface area contributed by atoms with Crippen molar-refractivity contribution in [1.82, 2.24) is 4.90 Å². The summed E-state index contributed by atoms with van der Waals surface area (Å²) in [6.45, 7) is 11.6. The first-order valence-corrected chi connectivity index (χ1v) is 4.99. The summed E-state index contributed by atoms with van der Waals surface area (Å²) in [6, 6.07) is 0. The SMILES string of the molecule is C=CC=CN(CC=C)CCCCC. The Morgan fingerprint density at radius 1 is 1.23 bits per heavy atom. The van der Waals surface area contributed by atoms with Crippen molar-refractivity contribution < 1.29 is 0 Å². The minimum atomic E-state index is 0.925. The molecule has 0 saturated heterocycles. The van der Waals surface area contributed by atoms with E-state index >= 15 is 0 Å². The van der Waals surface area contributed by atoms with E-state index in [0.29, 0.717) is 0 Å². The van der Waals surface area contributed by atoms with Gasteiger partial charge in [0.05, 0.1) is 0 Å². The van der Waals surface area contributed by atoms with Crippen molar-refractivity contribution >= 4 is 0 Å². The summed E-state index contributed by atoms with van der Waals surface area (Å²) in [5.41, 5.74) is 0. The van der Waals surface area contributed by atoms with Gasteiger partial charge in [0.25, 0.3) is 0 Å². The maximum Gasteiger partial charge on any atom is 0.0351 e. The van der Waals surface area contributed by atoms with Crippen LogP contribution in [0.5, 0.6) is 0 Å². The third-order valence-electron chi connectivity index (χ3n) is 1.85. The molecule has 13 heavy (non-hydrogen) atoms. The molecule has 0 atom stereocenters. The first kappa shape index (κ1) is 12.0. The van der Waals surface area contributed by atoms with Crippen LogP contribution in [-0.2, 0) is 0 Å². The molecule has 0 aromatic rings. The quantitative estimate of drug-likeness (QED) is 0.314. The normalized spacial score (nSPS) is 10.2. The summed E-state index contributed by atoms with van der Waals surface area (Å²) in [7, 11) is 0. The summed E-state index contributed by atoms with van der Waals surface area (Å²) in [4.78, 5) is 2.25. The molecule has 0 aliphatic carbocycles. The highest BCUT2D eigenvalue weighted by atomic mass is 15.1. The Bertz CT molecular complexity index is 159.